The van der Waals surface area contributed by atoms with Gasteiger partial charge in [-0.05, 0) is 30.7 Å². The Kier molecular flexibility index (Phi) is 4.21. The molecule has 0 amide bonds. The molecule has 29 heavy (non-hydrogen) atoms. The number of halogens is 1. The van der Waals surface area contributed by atoms with Gasteiger partial charge in [0.25, 0.3) is 5.01 Å². The zero-order valence-corrected chi connectivity index (χ0v) is 18.9. The highest BCUT2D eigenvalue weighted by atomic mass is 79.9. The summed E-state index contributed by atoms with van der Waals surface area (Å²) >= 11 is 3.82. The van der Waals surface area contributed by atoms with Gasteiger partial charge in [-0.3, -0.25) is 0 Å². The van der Waals surface area contributed by atoms with E-state index in [1.807, 2.05) is 23.1 Å². The molecule has 0 aliphatic carbocycles. The molecule has 2 aromatic carbocycles. The normalized spacial score (nSPS) is 24.1. The Morgan fingerprint density at radius 1 is 1.00 bits per heavy atom. The first kappa shape index (κ1) is 18.2. The van der Waals surface area contributed by atoms with Gasteiger partial charge in [0.15, 0.2) is 6.54 Å². The third-order valence-electron chi connectivity index (χ3n) is 6.27. The number of anilines is 1. The van der Waals surface area contributed by atoms with Gasteiger partial charge in [0.1, 0.15) is 4.70 Å². The summed E-state index contributed by atoms with van der Waals surface area (Å²) in [7, 11) is 0. The van der Waals surface area contributed by atoms with Crippen LogP contribution in [0.25, 0.3) is 15.8 Å². The number of hydrogen-bond acceptors (Lipinski definition) is 4. The van der Waals surface area contributed by atoms with Crippen molar-refractivity contribution < 1.29 is 26.3 Å². The van der Waals surface area contributed by atoms with Crippen LogP contribution in [0, 0.1) is 0 Å². The Bertz CT molecular complexity index is 1210. The van der Waals surface area contributed by atoms with Gasteiger partial charge < -0.3 is 26.6 Å². The van der Waals surface area contributed by atoms with Crippen LogP contribution < -0.4 is 26.4 Å². The van der Waals surface area contributed by atoms with Gasteiger partial charge in [0.05, 0.1) is 28.5 Å². The summed E-state index contributed by atoms with van der Waals surface area (Å²) < 4.78 is 10.5. The minimum Gasteiger partial charge on any atom is -1.00 e. The number of para-hydroxylation sites is 2. The van der Waals surface area contributed by atoms with Crippen molar-refractivity contribution >= 4 is 44.6 Å². The van der Waals surface area contributed by atoms with Crippen molar-refractivity contribution in [3.63, 3.8) is 0 Å². The number of aromatic nitrogens is 1. The first-order valence-electron chi connectivity index (χ1n) is 9.94. The monoisotopic (exact) mass is 482 g/mol. The zero-order valence-electron chi connectivity index (χ0n) is 15.7. The average Bonchev–Trinajstić information content (AvgIpc) is 3.31. The molecule has 0 bridgehead atoms. The van der Waals surface area contributed by atoms with Gasteiger partial charge in [-0.15, -0.1) is 0 Å². The number of benzene rings is 2. The van der Waals surface area contributed by atoms with Crippen molar-refractivity contribution in [2.75, 3.05) is 11.4 Å². The van der Waals surface area contributed by atoms with Crippen LogP contribution in [0.3, 0.4) is 0 Å². The van der Waals surface area contributed by atoms with Crippen LogP contribution in [0.15, 0.2) is 70.1 Å². The highest BCUT2D eigenvalue weighted by Crippen LogP contribution is 2.52. The van der Waals surface area contributed by atoms with E-state index >= 15 is 0 Å². The number of thiazole rings is 1. The number of hydrogen-bond donors (Lipinski definition) is 0. The fourth-order valence-electron chi connectivity index (χ4n) is 4.98. The van der Waals surface area contributed by atoms with Crippen molar-refractivity contribution in [1.82, 2.24) is 0 Å². The summed E-state index contributed by atoms with van der Waals surface area (Å²) in [6.45, 7) is 2.10. The SMILES string of the molecule is C1=C2c3sc4ccccc4[n+]3CCC2OC2CCN3C(=C12)Sc1ccccc13.[Br-]. The van der Waals surface area contributed by atoms with E-state index in [-0.39, 0.29) is 29.2 Å². The van der Waals surface area contributed by atoms with Crippen LogP contribution in [0.4, 0.5) is 5.69 Å². The Balaban J connectivity index is 0.00000165. The van der Waals surface area contributed by atoms with E-state index in [2.05, 4.69) is 64.1 Å². The number of nitrogens with zero attached hydrogens (tertiary/aromatic N) is 2. The molecule has 0 saturated carbocycles. The second kappa shape index (κ2) is 6.71. The van der Waals surface area contributed by atoms with Gasteiger partial charge in [0.2, 0.25) is 5.52 Å². The van der Waals surface area contributed by atoms with E-state index in [1.54, 1.807) is 0 Å². The zero-order chi connectivity index (χ0) is 18.2. The summed E-state index contributed by atoms with van der Waals surface area (Å²) in [6, 6.07) is 17.5. The molecule has 3 nitrogen and oxygen atoms in total. The molecule has 0 N–H and O–H groups in total. The summed E-state index contributed by atoms with van der Waals surface area (Å²) in [5, 5.41) is 2.75. The predicted molar refractivity (Wildman–Crippen MR) is 115 cm³/mol. The van der Waals surface area contributed by atoms with Crippen LogP contribution in [-0.4, -0.2) is 18.8 Å². The fourth-order valence-corrected chi connectivity index (χ4v) is 7.47. The van der Waals surface area contributed by atoms with Gasteiger partial charge in [-0.2, -0.15) is 4.57 Å². The molecule has 1 aromatic heterocycles. The smallest absolute Gasteiger partial charge is 0.268 e. The van der Waals surface area contributed by atoms with Gasteiger partial charge >= 0.3 is 0 Å². The lowest BCUT2D eigenvalue weighted by Gasteiger charge is -2.38. The maximum atomic E-state index is 6.68. The molecule has 4 aliphatic rings. The molecule has 146 valence electrons. The molecule has 3 aromatic rings. The molecule has 7 rings (SSSR count). The molecule has 2 unspecified atom stereocenters. The molecule has 0 radical (unpaired) electrons. The van der Waals surface area contributed by atoms with Crippen molar-refractivity contribution in [1.29, 1.82) is 0 Å². The minimum atomic E-state index is 0. The first-order valence-corrected chi connectivity index (χ1v) is 11.6. The van der Waals surface area contributed by atoms with Crippen molar-refractivity contribution in [3.05, 3.63) is 70.2 Å². The lowest BCUT2D eigenvalue weighted by atomic mass is 9.92. The maximum Gasteiger partial charge on any atom is 0.268 e. The lowest BCUT2D eigenvalue weighted by Crippen LogP contribution is -3.00. The second-order valence-corrected chi connectivity index (χ2v) is 9.86. The molecule has 2 atom stereocenters. The Hall–Kier alpha value is -1.60. The molecular weight excluding hydrogens is 464 g/mol. The van der Waals surface area contributed by atoms with Crippen molar-refractivity contribution in [2.24, 2.45) is 0 Å². The van der Waals surface area contributed by atoms with E-state index < -0.39 is 0 Å². The van der Waals surface area contributed by atoms with Gasteiger partial charge in [-0.1, -0.05) is 47.4 Å². The third kappa shape index (κ3) is 2.56. The topological polar surface area (TPSA) is 16.4 Å². The quantitative estimate of drug-likeness (QED) is 0.455. The van der Waals surface area contributed by atoms with Crippen molar-refractivity contribution in [3.8, 4) is 0 Å². The van der Waals surface area contributed by atoms with Crippen LogP contribution in [0.5, 0.6) is 0 Å². The molecule has 5 heterocycles. The van der Waals surface area contributed by atoms with Gasteiger partial charge in [0, 0.05) is 29.5 Å². The Morgan fingerprint density at radius 3 is 2.83 bits per heavy atom. The van der Waals surface area contributed by atoms with Crippen LogP contribution >= 0.6 is 23.1 Å². The summed E-state index contributed by atoms with van der Waals surface area (Å²) in [6.07, 6.45) is 5.09. The first-order chi connectivity index (χ1) is 13.9. The highest BCUT2D eigenvalue weighted by Gasteiger charge is 2.43. The van der Waals surface area contributed by atoms with Crippen LogP contribution in [-0.2, 0) is 11.3 Å². The largest absolute Gasteiger partial charge is 1.00 e. The lowest BCUT2D eigenvalue weighted by molar-refractivity contribution is -0.674. The number of thioether (sulfide) groups is 1. The van der Waals surface area contributed by atoms with E-state index in [0.29, 0.717) is 0 Å². The van der Waals surface area contributed by atoms with Crippen molar-refractivity contribution in [2.45, 2.75) is 36.5 Å². The second-order valence-electron chi connectivity index (χ2n) is 7.80. The summed E-state index contributed by atoms with van der Waals surface area (Å²) in [5.41, 5.74) is 5.47. The summed E-state index contributed by atoms with van der Waals surface area (Å²) in [5.74, 6) is 0. The predicted octanol–water partition coefficient (Wildman–Crippen LogP) is 1.97. The molecule has 6 heteroatoms. The number of aryl methyl sites for hydroxylation is 1. The highest BCUT2D eigenvalue weighted by molar-refractivity contribution is 8.03. The minimum absolute atomic E-state index is 0. The maximum absolute atomic E-state index is 6.68. The summed E-state index contributed by atoms with van der Waals surface area (Å²) in [4.78, 5) is 3.86. The third-order valence-corrected chi connectivity index (χ3v) is 8.70. The molecule has 0 fully saturated rings. The molecule has 0 saturated heterocycles. The average molecular weight is 483 g/mol. The number of fused-ring (bicyclic) bond motifs is 9. The van der Waals surface area contributed by atoms with E-state index in [9.17, 15) is 0 Å². The van der Waals surface area contributed by atoms with E-state index in [1.165, 1.54) is 42.0 Å². The molecule has 4 aliphatic heterocycles. The number of ether oxygens (including phenoxy) is 1. The standard InChI is InChI=1S/C23H19N2OS2.BrH/c1-3-7-20-16(5-1)24-11-9-18-14(22(24)27-20)13-15-19(26-18)10-12-25-17-6-2-4-8-21(17)28-23(15)25;/h1-8,13,18-19H,9-12H2;1H/q+1;/p-1. The van der Waals surface area contributed by atoms with Gasteiger partial charge in [-0.25, -0.2) is 0 Å². The number of rotatable bonds is 0. The fraction of sp³-hybridized carbons (Fsp3) is 0.261. The van der Waals surface area contributed by atoms with Crippen LogP contribution in [0.1, 0.15) is 17.8 Å². The Labute approximate surface area is 188 Å². The molecule has 0 spiro atoms. The van der Waals surface area contributed by atoms with E-state index in [0.717, 1.165) is 25.9 Å². The van der Waals surface area contributed by atoms with Crippen LogP contribution in [0.2, 0.25) is 0 Å². The molecular formula is C23H19BrN2OS2. The Morgan fingerprint density at radius 2 is 1.86 bits per heavy atom. The van der Waals surface area contributed by atoms with E-state index in [4.69, 9.17) is 4.74 Å².